The smallest absolute Gasteiger partial charge is 0.263 e. The first-order valence-electron chi connectivity index (χ1n) is 15.8. The summed E-state index contributed by atoms with van der Waals surface area (Å²) < 4.78 is 17.8. The Morgan fingerprint density at radius 2 is 1.85 bits per heavy atom. The van der Waals surface area contributed by atoms with Gasteiger partial charge in [-0.3, -0.25) is 18.8 Å². The summed E-state index contributed by atoms with van der Waals surface area (Å²) in [5.74, 6) is 1.66. The number of anilines is 3. The van der Waals surface area contributed by atoms with Crippen LogP contribution in [0.3, 0.4) is 0 Å². The lowest BCUT2D eigenvalue weighted by Crippen LogP contribution is -2.50. The van der Waals surface area contributed by atoms with E-state index in [4.69, 9.17) is 4.98 Å². The van der Waals surface area contributed by atoms with Crippen LogP contribution in [0.25, 0.3) is 28.2 Å². The van der Waals surface area contributed by atoms with E-state index in [0.29, 0.717) is 60.8 Å². The fourth-order valence-electron chi connectivity index (χ4n) is 7.16. The minimum Gasteiger partial charge on any atom is -0.598 e. The van der Waals surface area contributed by atoms with Crippen molar-refractivity contribution in [2.45, 2.75) is 37.8 Å². The Kier molecular flexibility index (Phi) is 7.98. The Balaban J connectivity index is 1.12. The molecule has 1 aromatic carbocycles. The molecule has 46 heavy (non-hydrogen) atoms. The van der Waals surface area contributed by atoms with Gasteiger partial charge in [-0.25, -0.2) is 15.0 Å². The third-order valence-electron chi connectivity index (χ3n) is 9.55. The number of hydrogen-bond acceptors (Lipinski definition) is 11. The third-order valence-corrected chi connectivity index (χ3v) is 11.2. The second kappa shape index (κ2) is 12.4. The highest BCUT2D eigenvalue weighted by Crippen LogP contribution is 2.30. The summed E-state index contributed by atoms with van der Waals surface area (Å²) >= 11 is 0.436. The SMILES string of the molecule is C[S+]([O-])N1CCC(n2c(=O)c(-c3nccn3-c3cscn3)cc3cnc(Nc4ccc(N5CCN6CCCC6C5)cc4)nc32)CC1. The van der Waals surface area contributed by atoms with Gasteiger partial charge in [0, 0.05) is 96.9 Å². The lowest BCUT2D eigenvalue weighted by molar-refractivity contribution is 0.231. The maximum atomic E-state index is 14.4. The molecule has 3 aliphatic heterocycles. The van der Waals surface area contributed by atoms with Crippen LogP contribution in [0, 0.1) is 0 Å². The van der Waals surface area contributed by atoms with Crippen molar-refractivity contribution in [1.29, 1.82) is 0 Å². The number of hydrogen-bond donors (Lipinski definition) is 1. The second-order valence-corrected chi connectivity index (χ2v) is 14.3. The Labute approximate surface area is 274 Å². The minimum absolute atomic E-state index is 0.111. The van der Waals surface area contributed by atoms with Crippen LogP contribution in [0.2, 0.25) is 0 Å². The van der Waals surface area contributed by atoms with Crippen LogP contribution in [-0.4, -0.2) is 94.4 Å². The van der Waals surface area contributed by atoms with E-state index in [1.165, 1.54) is 36.4 Å². The molecule has 0 aliphatic carbocycles. The molecule has 3 aliphatic rings. The largest absolute Gasteiger partial charge is 0.598 e. The van der Waals surface area contributed by atoms with Gasteiger partial charge in [0.25, 0.3) is 5.56 Å². The standard InChI is InChI=1S/C32H36N10O2S2/c1-46(44)40-12-8-25(9-13-40)42-29-22(17-27(31(42)43)30-33-10-14-41(30)28-20-45-21-35-28)18-34-32(37-29)36-23-4-6-24(7-5-23)39-16-15-38-11-2-3-26(38)19-39/h4-7,10,14,17-18,20-21,25-26H,2-3,8-9,11-13,15-16,19H2,1H3,(H,34,36,37). The van der Waals surface area contributed by atoms with Gasteiger partial charge in [0.2, 0.25) is 5.95 Å². The Bertz CT molecular complexity index is 1880. The molecule has 0 saturated carbocycles. The van der Waals surface area contributed by atoms with E-state index in [0.717, 1.165) is 30.7 Å². The van der Waals surface area contributed by atoms with E-state index in [9.17, 15) is 9.35 Å². The van der Waals surface area contributed by atoms with Crippen LogP contribution in [0.4, 0.5) is 17.3 Å². The van der Waals surface area contributed by atoms with E-state index < -0.39 is 11.4 Å². The first-order chi connectivity index (χ1) is 22.5. The molecule has 3 saturated heterocycles. The third kappa shape index (κ3) is 5.58. The molecule has 5 aromatic rings. The average Bonchev–Trinajstić information content (AvgIpc) is 3.87. The molecule has 4 aromatic heterocycles. The van der Waals surface area contributed by atoms with Gasteiger partial charge >= 0.3 is 0 Å². The molecule has 0 amide bonds. The number of aromatic nitrogens is 6. The number of benzene rings is 1. The maximum Gasteiger partial charge on any atom is 0.263 e. The fourth-order valence-corrected chi connectivity index (χ4v) is 8.41. The van der Waals surface area contributed by atoms with Crippen LogP contribution in [0.1, 0.15) is 31.7 Å². The van der Waals surface area contributed by atoms with Crippen LogP contribution in [0.15, 0.2) is 64.6 Å². The molecule has 0 bridgehead atoms. The number of pyridine rings is 1. The molecule has 0 radical (unpaired) electrons. The van der Waals surface area contributed by atoms with Gasteiger partial charge < -0.3 is 14.8 Å². The zero-order valence-corrected chi connectivity index (χ0v) is 27.3. The van der Waals surface area contributed by atoms with Crippen molar-refractivity contribution < 1.29 is 4.55 Å². The van der Waals surface area contributed by atoms with Crippen molar-refractivity contribution >= 4 is 51.1 Å². The number of rotatable bonds is 7. The minimum atomic E-state index is -1.05. The Morgan fingerprint density at radius 3 is 2.63 bits per heavy atom. The van der Waals surface area contributed by atoms with E-state index in [-0.39, 0.29) is 11.6 Å². The molecule has 238 valence electrons. The summed E-state index contributed by atoms with van der Waals surface area (Å²) in [6.45, 7) is 5.76. The number of thiazole rings is 1. The first-order valence-corrected chi connectivity index (χ1v) is 18.3. The molecule has 7 heterocycles. The van der Waals surface area contributed by atoms with Crippen LogP contribution in [0.5, 0.6) is 0 Å². The van der Waals surface area contributed by atoms with Gasteiger partial charge in [-0.2, -0.15) is 4.98 Å². The molecule has 14 heteroatoms. The summed E-state index contributed by atoms with van der Waals surface area (Å²) in [5.41, 5.74) is 4.74. The van der Waals surface area contributed by atoms with Crippen molar-refractivity contribution in [3.05, 3.63) is 70.2 Å². The Hall–Kier alpha value is -3.82. The molecule has 8 rings (SSSR count). The molecule has 12 nitrogen and oxygen atoms in total. The van der Waals surface area contributed by atoms with Gasteiger partial charge in [0.05, 0.1) is 11.1 Å². The summed E-state index contributed by atoms with van der Waals surface area (Å²) in [5, 5.41) is 6.04. The number of imidazole rings is 1. The second-order valence-electron chi connectivity index (χ2n) is 12.2. The monoisotopic (exact) mass is 656 g/mol. The topological polar surface area (TPSA) is 123 Å². The van der Waals surface area contributed by atoms with Crippen LogP contribution >= 0.6 is 11.3 Å². The predicted molar refractivity (Wildman–Crippen MR) is 182 cm³/mol. The highest BCUT2D eigenvalue weighted by molar-refractivity contribution is 7.88. The highest BCUT2D eigenvalue weighted by atomic mass is 32.2. The molecule has 2 unspecified atom stereocenters. The van der Waals surface area contributed by atoms with Gasteiger partial charge in [0.1, 0.15) is 17.7 Å². The number of fused-ring (bicyclic) bond motifs is 2. The maximum absolute atomic E-state index is 14.4. The number of piperazine rings is 1. The van der Waals surface area contributed by atoms with Crippen molar-refractivity contribution in [2.24, 2.45) is 0 Å². The van der Waals surface area contributed by atoms with Crippen molar-refractivity contribution in [3.8, 4) is 17.2 Å². The average molecular weight is 657 g/mol. The molecule has 3 fully saturated rings. The first kappa shape index (κ1) is 29.6. The summed E-state index contributed by atoms with van der Waals surface area (Å²) in [6, 6.07) is 10.8. The highest BCUT2D eigenvalue weighted by Gasteiger charge is 2.31. The Morgan fingerprint density at radius 1 is 1.00 bits per heavy atom. The van der Waals surface area contributed by atoms with Crippen LogP contribution < -0.4 is 15.8 Å². The van der Waals surface area contributed by atoms with Gasteiger partial charge in [-0.1, -0.05) is 0 Å². The molecule has 2 atom stereocenters. The predicted octanol–water partition coefficient (Wildman–Crippen LogP) is 4.06. The number of piperidine rings is 1. The van der Waals surface area contributed by atoms with Crippen molar-refractivity contribution in [1.82, 2.24) is 38.3 Å². The van der Waals surface area contributed by atoms with Crippen molar-refractivity contribution in [3.63, 3.8) is 0 Å². The van der Waals surface area contributed by atoms with Gasteiger partial charge in [0.15, 0.2) is 5.82 Å². The lowest BCUT2D eigenvalue weighted by atomic mass is 10.0. The van der Waals surface area contributed by atoms with Gasteiger partial charge in [-0.05, 0) is 62.6 Å². The normalized spacial score (nSPS) is 20.3. The lowest BCUT2D eigenvalue weighted by Gasteiger charge is -2.38. The van der Waals surface area contributed by atoms with Crippen LogP contribution in [-0.2, 0) is 11.4 Å². The van der Waals surface area contributed by atoms with Gasteiger partial charge in [-0.15, -0.1) is 15.6 Å². The molecule has 0 spiro atoms. The summed E-state index contributed by atoms with van der Waals surface area (Å²) in [4.78, 5) is 38.1. The zero-order valence-electron chi connectivity index (χ0n) is 25.7. The fraction of sp³-hybridized carbons (Fsp3) is 0.406. The quantitative estimate of drug-likeness (QED) is 0.257. The molecular formula is C32H36N10O2S2. The summed E-state index contributed by atoms with van der Waals surface area (Å²) in [7, 11) is 0. The number of nitrogens with one attached hydrogen (secondary N) is 1. The molecular weight excluding hydrogens is 621 g/mol. The van der Waals surface area contributed by atoms with E-state index >= 15 is 0 Å². The zero-order chi connectivity index (χ0) is 31.2. The summed E-state index contributed by atoms with van der Waals surface area (Å²) in [6.07, 6.45) is 10.9. The molecule has 1 N–H and O–H groups in total. The van der Waals surface area contributed by atoms with E-state index in [1.807, 2.05) is 26.5 Å². The number of nitrogens with zero attached hydrogens (tertiary/aromatic N) is 9. The van der Waals surface area contributed by atoms with Crippen molar-refractivity contribution in [2.75, 3.05) is 55.7 Å². The van der Waals surface area contributed by atoms with E-state index in [1.54, 1.807) is 28.7 Å². The van der Waals surface area contributed by atoms with E-state index in [2.05, 4.69) is 54.3 Å².